The number of benzene rings is 3. The minimum atomic E-state index is -4.69. The van der Waals surface area contributed by atoms with E-state index in [1.165, 1.54) is 38.2 Å². The van der Waals surface area contributed by atoms with Crippen molar-refractivity contribution in [3.05, 3.63) is 95.6 Å². The van der Waals surface area contributed by atoms with Crippen molar-refractivity contribution in [3.8, 4) is 0 Å². The van der Waals surface area contributed by atoms with Gasteiger partial charge in [-0.15, -0.1) is 0 Å². The van der Waals surface area contributed by atoms with E-state index in [9.17, 15) is 64.7 Å². The average Bonchev–Trinajstić information content (AvgIpc) is 0.831. The number of carbonyl (C=O) groups is 9. The quantitative estimate of drug-likeness (QED) is 0.0262. The number of nitrogens with zero attached hydrogens (tertiary/aromatic N) is 4. The molecule has 19 nitrogen and oxygen atoms in total. The van der Waals surface area contributed by atoms with Crippen LogP contribution in [0.4, 0.5) is 39.9 Å². The highest BCUT2D eigenvalue weighted by Crippen LogP contribution is 2.39. The molecule has 0 saturated heterocycles. The Balaban J connectivity index is 2.06. The Labute approximate surface area is 571 Å². The monoisotopic (exact) mass is 1420 g/mol. The van der Waals surface area contributed by atoms with Crippen molar-refractivity contribution < 1.29 is 107 Å². The van der Waals surface area contributed by atoms with Crippen LogP contribution in [-0.2, 0) is 86.2 Å². The van der Waals surface area contributed by atoms with E-state index in [1.54, 1.807) is 92.6 Å². The Hall–Kier alpha value is -7.17. The van der Waals surface area contributed by atoms with Crippen molar-refractivity contribution in [3.63, 3.8) is 0 Å². The Morgan fingerprint density at radius 2 is 0.732 bits per heavy atom. The predicted molar refractivity (Wildman–Crippen MR) is 346 cm³/mol. The summed E-state index contributed by atoms with van der Waals surface area (Å²) in [6.07, 6.45) is -11.1. The molecule has 0 bridgehead atoms. The second kappa shape index (κ2) is 34.6. The summed E-state index contributed by atoms with van der Waals surface area (Å²) < 4.78 is 145. The van der Waals surface area contributed by atoms with Crippen LogP contribution in [-0.4, -0.2) is 178 Å². The molecule has 3 aromatic rings. The summed E-state index contributed by atoms with van der Waals surface area (Å²) in [6.45, 7) is 21.6. The molecule has 0 spiro atoms. The first-order valence-electron chi connectivity index (χ1n) is 31.0. The van der Waals surface area contributed by atoms with Crippen LogP contribution >= 0.6 is 23.5 Å². The van der Waals surface area contributed by atoms with Gasteiger partial charge >= 0.3 is 47.0 Å². The summed E-state index contributed by atoms with van der Waals surface area (Å²) >= 11 is -0.826. The van der Waals surface area contributed by atoms with Crippen molar-refractivity contribution in [1.29, 1.82) is 0 Å². The average molecular weight is 1420 g/mol. The number of hydrogen-bond donors (Lipinski definition) is 0. The molecule has 0 radical (unpaired) electrons. The fourth-order valence-corrected chi connectivity index (χ4v) is 10.7. The Kier molecular flexibility index (Phi) is 29.9. The molecule has 4 amide bonds. The van der Waals surface area contributed by atoms with Gasteiger partial charge in [0.05, 0.1) is 0 Å². The fraction of sp³-hybridized carbons (Fsp3) is 0.603. The van der Waals surface area contributed by atoms with Crippen LogP contribution < -0.4 is 0 Å². The fourth-order valence-electron chi connectivity index (χ4n) is 9.62. The van der Waals surface area contributed by atoms with Gasteiger partial charge in [0.15, 0.2) is 18.3 Å². The van der Waals surface area contributed by atoms with Crippen LogP contribution in [0.15, 0.2) is 88.7 Å². The third kappa shape index (κ3) is 30.2. The lowest BCUT2D eigenvalue weighted by molar-refractivity contribution is -0.176. The Morgan fingerprint density at radius 3 is 1.08 bits per heavy atom. The number of hydrogen-bond acceptors (Lipinski definition) is 17. The third-order valence-electron chi connectivity index (χ3n) is 14.4. The molecular weight excluding hydrogens is 1330 g/mol. The van der Waals surface area contributed by atoms with E-state index in [2.05, 4.69) is 0 Å². The molecule has 97 heavy (non-hydrogen) atoms. The molecule has 0 fully saturated rings. The van der Waals surface area contributed by atoms with E-state index in [0.29, 0.717) is 5.56 Å². The first-order valence-corrected chi connectivity index (χ1v) is 32.6. The standard InChI is InChI=1S/C68H92F8N4O15S2/c1-40(53(81)78(17)50(38-66(14,15)70)59(87)94-52(60(88)90-39-44-23-21-20-22-24-44)34-43-27-31-46(32-28-43)97-68(74,75)76)91-56(84)47(35-62(3,4)5)79(18)55(83)51(33-42-25-29-45(30-26-42)96-67(71,72)73)93-58(86)49(37-65(12,13)69)77(16)54(82)41(2)92-57(85)48(36-63(6,7)8)80(19)61(89)95-64(9,10)11/h20-32,40-41,47-52H,33-39H2,1-19H3/t40-,41-,47+,48+,49+,50+,51+,52+/m1/s1. The van der Waals surface area contributed by atoms with Gasteiger partial charge in [0, 0.05) is 63.7 Å². The van der Waals surface area contributed by atoms with Crippen molar-refractivity contribution in [1.82, 2.24) is 19.6 Å². The summed E-state index contributed by atoms with van der Waals surface area (Å²) in [7, 11) is 4.58. The van der Waals surface area contributed by atoms with Gasteiger partial charge in [0.2, 0.25) is 6.10 Å². The smallest absolute Gasteiger partial charge is 0.446 e. The highest BCUT2D eigenvalue weighted by molar-refractivity contribution is 8.00. The highest BCUT2D eigenvalue weighted by Gasteiger charge is 2.45. The zero-order valence-corrected chi connectivity index (χ0v) is 60.0. The summed E-state index contributed by atoms with van der Waals surface area (Å²) in [5.74, 6) is -9.49. The normalized spacial score (nSPS) is 15.0. The lowest BCUT2D eigenvalue weighted by atomic mass is 9.87. The SMILES string of the molecule is C[C@@H](OC(=O)[C@H](CC(C)(C)C)N(C)C(=O)OC(C)(C)C)C(=O)N(C)[C@@H](CC(C)(C)F)C(=O)O[C@@H](Cc1ccc(SC(F)(F)F)cc1)C(=O)N(C)[C@@H](CC(C)(C)C)C(=O)O[C@H](C)C(=O)N(C)[C@@H](CC(C)(C)F)C(=O)O[C@@H](Cc1ccc(SC(F)(F)F)cc1)C(=O)OCc1ccccc1. The van der Waals surface area contributed by atoms with Crippen molar-refractivity contribution >= 4 is 77.2 Å². The number of rotatable bonds is 30. The maximum absolute atomic E-state index is 15.9. The number of ether oxygens (including phenoxy) is 6. The number of alkyl halides is 8. The first kappa shape index (κ1) is 84.1. The highest BCUT2D eigenvalue weighted by atomic mass is 32.2. The molecule has 0 unspecified atom stereocenters. The topological polar surface area (TPSA) is 222 Å². The van der Waals surface area contributed by atoms with Gasteiger partial charge in [-0.05, 0) is 150 Å². The number of esters is 5. The molecule has 0 aliphatic rings. The predicted octanol–water partition coefficient (Wildman–Crippen LogP) is 13.0. The van der Waals surface area contributed by atoms with E-state index in [0.717, 1.165) is 99.6 Å². The number of amides is 4. The zero-order valence-electron chi connectivity index (χ0n) is 58.3. The number of thioether (sulfide) groups is 2. The molecule has 8 atom stereocenters. The van der Waals surface area contributed by atoms with Gasteiger partial charge < -0.3 is 43.1 Å². The van der Waals surface area contributed by atoms with Crippen LogP contribution in [0.5, 0.6) is 0 Å². The molecule has 3 rings (SSSR count). The second-order valence-corrected chi connectivity index (χ2v) is 30.5. The summed E-state index contributed by atoms with van der Waals surface area (Å²) in [5.41, 5.74) is -15.4. The lowest BCUT2D eigenvalue weighted by Crippen LogP contribution is -2.54. The summed E-state index contributed by atoms with van der Waals surface area (Å²) in [5, 5.41) is 0. The molecular formula is C68H92F8N4O15S2. The molecule has 0 heterocycles. The minimum Gasteiger partial charge on any atom is -0.458 e. The van der Waals surface area contributed by atoms with Gasteiger partial charge in [-0.3, -0.25) is 19.3 Å². The van der Waals surface area contributed by atoms with E-state index in [-0.39, 0.29) is 52.1 Å². The van der Waals surface area contributed by atoms with Crippen LogP contribution in [0.25, 0.3) is 0 Å². The van der Waals surface area contributed by atoms with Crippen molar-refractivity contribution in [2.24, 2.45) is 10.8 Å². The van der Waals surface area contributed by atoms with Gasteiger partial charge in [-0.25, -0.2) is 37.5 Å². The molecule has 0 aromatic heterocycles. The molecule has 29 heteroatoms. The summed E-state index contributed by atoms with van der Waals surface area (Å²) in [6, 6.07) is 11.0. The molecule has 542 valence electrons. The van der Waals surface area contributed by atoms with E-state index < -0.39 is 178 Å². The molecule has 0 aliphatic heterocycles. The van der Waals surface area contributed by atoms with Crippen LogP contribution in [0.3, 0.4) is 0 Å². The van der Waals surface area contributed by atoms with E-state index in [4.69, 9.17) is 28.4 Å². The second-order valence-electron chi connectivity index (χ2n) is 28.3. The van der Waals surface area contributed by atoms with E-state index >= 15 is 13.6 Å². The minimum absolute atomic E-state index is 0.0290. The van der Waals surface area contributed by atoms with Gasteiger partial charge in [-0.1, -0.05) is 96.1 Å². The first-order chi connectivity index (χ1) is 44.1. The maximum atomic E-state index is 15.9. The molecule has 0 saturated carbocycles. The largest absolute Gasteiger partial charge is 0.458 e. The third-order valence-corrected chi connectivity index (χ3v) is 15.8. The maximum Gasteiger partial charge on any atom is 0.446 e. The Bertz CT molecular complexity index is 3160. The Morgan fingerprint density at radius 1 is 0.402 bits per heavy atom. The van der Waals surface area contributed by atoms with Gasteiger partial charge in [0.25, 0.3) is 17.7 Å². The molecule has 0 N–H and O–H groups in total. The van der Waals surface area contributed by atoms with Crippen molar-refractivity contribution in [2.75, 3.05) is 28.2 Å². The van der Waals surface area contributed by atoms with Crippen LogP contribution in [0.2, 0.25) is 0 Å². The van der Waals surface area contributed by atoms with Gasteiger partial charge in [0.1, 0.15) is 47.7 Å². The number of halogens is 8. The van der Waals surface area contributed by atoms with Crippen LogP contribution in [0, 0.1) is 10.8 Å². The molecule has 0 aliphatic carbocycles. The van der Waals surface area contributed by atoms with Crippen molar-refractivity contribution in [2.45, 2.75) is 235 Å². The number of carbonyl (C=O) groups excluding carboxylic acids is 9. The lowest BCUT2D eigenvalue weighted by Gasteiger charge is -2.36. The summed E-state index contributed by atoms with van der Waals surface area (Å²) in [4.78, 5) is 131. The zero-order chi connectivity index (χ0) is 74.3. The van der Waals surface area contributed by atoms with Gasteiger partial charge in [-0.2, -0.15) is 26.3 Å². The van der Waals surface area contributed by atoms with E-state index in [1.807, 2.05) is 0 Å². The van der Waals surface area contributed by atoms with Crippen LogP contribution in [0.1, 0.15) is 146 Å². The number of likely N-dealkylation sites (N-methyl/N-ethyl adjacent to an activating group) is 4. The molecule has 3 aromatic carbocycles.